The van der Waals surface area contributed by atoms with Gasteiger partial charge in [0.25, 0.3) is 11.8 Å². The number of benzene rings is 3. The van der Waals surface area contributed by atoms with Crippen molar-refractivity contribution in [3.05, 3.63) is 89.5 Å². The van der Waals surface area contributed by atoms with Crippen molar-refractivity contribution < 1.29 is 32.2 Å². The first-order valence-corrected chi connectivity index (χ1v) is 10.2. The van der Waals surface area contributed by atoms with Crippen LogP contribution in [-0.2, 0) is 17.5 Å². The summed E-state index contributed by atoms with van der Waals surface area (Å²) >= 11 is 0. The molecule has 1 N–H and O–H groups in total. The Morgan fingerprint density at radius 1 is 0.941 bits per heavy atom. The zero-order valence-electron chi connectivity index (χ0n) is 18.6. The second-order valence-corrected chi connectivity index (χ2v) is 7.41. The lowest BCUT2D eigenvalue weighted by Crippen LogP contribution is -2.27. The van der Waals surface area contributed by atoms with E-state index in [0.717, 1.165) is 6.07 Å². The number of anilines is 1. The van der Waals surface area contributed by atoms with Crippen LogP contribution in [0.3, 0.4) is 0 Å². The van der Waals surface area contributed by atoms with Crippen LogP contribution in [0, 0.1) is 0 Å². The molecule has 0 heterocycles. The second-order valence-electron chi connectivity index (χ2n) is 7.41. The topological polar surface area (TPSA) is 67.9 Å². The number of hydrogen-bond donors (Lipinski definition) is 1. The second kappa shape index (κ2) is 10.7. The van der Waals surface area contributed by atoms with Gasteiger partial charge in [0.15, 0.2) is 6.61 Å². The van der Waals surface area contributed by atoms with Gasteiger partial charge in [0.2, 0.25) is 0 Å². The van der Waals surface area contributed by atoms with Crippen molar-refractivity contribution in [1.29, 1.82) is 0 Å². The van der Waals surface area contributed by atoms with E-state index in [2.05, 4.69) is 5.32 Å². The minimum atomic E-state index is -4.50. The molecular weight excluding hydrogens is 449 g/mol. The number of amides is 2. The van der Waals surface area contributed by atoms with Gasteiger partial charge in [0.1, 0.15) is 11.5 Å². The van der Waals surface area contributed by atoms with Crippen molar-refractivity contribution in [2.75, 3.05) is 26.1 Å². The largest absolute Gasteiger partial charge is 0.497 e. The van der Waals surface area contributed by atoms with Gasteiger partial charge in [0.05, 0.1) is 12.7 Å². The Labute approximate surface area is 194 Å². The highest BCUT2D eigenvalue weighted by Gasteiger charge is 2.33. The summed E-state index contributed by atoms with van der Waals surface area (Å²) in [6.07, 6.45) is -4.50. The van der Waals surface area contributed by atoms with Crippen LogP contribution >= 0.6 is 0 Å². The maximum atomic E-state index is 13.2. The fourth-order valence-corrected chi connectivity index (χ4v) is 3.22. The van der Waals surface area contributed by atoms with Crippen LogP contribution in [0.2, 0.25) is 0 Å². The molecule has 3 aromatic carbocycles. The molecule has 0 radical (unpaired) electrons. The molecule has 0 fully saturated rings. The zero-order chi connectivity index (χ0) is 24.7. The summed E-state index contributed by atoms with van der Waals surface area (Å²) in [4.78, 5) is 26.0. The van der Waals surface area contributed by atoms with Crippen molar-refractivity contribution in [3.8, 4) is 11.5 Å². The van der Waals surface area contributed by atoms with E-state index in [4.69, 9.17) is 9.47 Å². The van der Waals surface area contributed by atoms with Gasteiger partial charge in [-0.2, -0.15) is 13.2 Å². The van der Waals surface area contributed by atoms with Gasteiger partial charge in [-0.3, -0.25) is 9.59 Å². The van der Waals surface area contributed by atoms with Crippen LogP contribution in [-0.4, -0.2) is 37.5 Å². The monoisotopic (exact) mass is 472 g/mol. The summed E-state index contributed by atoms with van der Waals surface area (Å²) in [6, 6.07) is 18.0. The molecule has 34 heavy (non-hydrogen) atoms. The highest BCUT2D eigenvalue weighted by molar-refractivity contribution is 5.94. The molecule has 0 atom stereocenters. The molecule has 3 aromatic rings. The third kappa shape index (κ3) is 6.50. The first-order chi connectivity index (χ1) is 16.2. The van der Waals surface area contributed by atoms with Crippen molar-refractivity contribution >= 4 is 17.5 Å². The fraction of sp³-hybridized carbons (Fsp3) is 0.200. The summed E-state index contributed by atoms with van der Waals surface area (Å²) in [5.41, 5.74) is 0.0719. The zero-order valence-corrected chi connectivity index (χ0v) is 18.6. The Morgan fingerprint density at radius 3 is 2.32 bits per heavy atom. The first-order valence-electron chi connectivity index (χ1n) is 10.2. The average Bonchev–Trinajstić information content (AvgIpc) is 2.82. The Hall–Kier alpha value is -4.01. The molecule has 0 aromatic heterocycles. The van der Waals surface area contributed by atoms with E-state index in [1.165, 1.54) is 61.5 Å². The number of carbonyl (C=O) groups is 2. The lowest BCUT2D eigenvalue weighted by atomic mass is 10.1. The Morgan fingerprint density at radius 2 is 1.65 bits per heavy atom. The number of carbonyl (C=O) groups excluding carboxylic acids is 2. The van der Waals surface area contributed by atoms with Gasteiger partial charge in [-0.15, -0.1) is 0 Å². The molecule has 178 valence electrons. The van der Waals surface area contributed by atoms with E-state index >= 15 is 0 Å². The summed E-state index contributed by atoms with van der Waals surface area (Å²) in [7, 11) is 2.96. The summed E-state index contributed by atoms with van der Waals surface area (Å²) < 4.78 is 50.2. The number of methoxy groups -OCH3 is 1. The number of hydrogen-bond acceptors (Lipinski definition) is 4. The van der Waals surface area contributed by atoms with Crippen LogP contribution in [0.25, 0.3) is 0 Å². The van der Waals surface area contributed by atoms with E-state index < -0.39 is 17.6 Å². The standard InChI is InChI=1S/C25H23F3N2O4/c1-30(15-18-6-3-4-9-22(18)25(26,27)28)24(32)17-10-12-20(13-11-17)34-16-23(31)29-19-7-5-8-21(14-19)33-2/h3-14H,15-16H2,1-2H3,(H,29,31). The Kier molecular flexibility index (Phi) is 7.78. The van der Waals surface area contributed by atoms with Crippen molar-refractivity contribution in [1.82, 2.24) is 4.90 Å². The maximum absolute atomic E-state index is 13.2. The molecule has 0 saturated heterocycles. The molecule has 0 unspecified atom stereocenters. The normalized spacial score (nSPS) is 11.0. The molecule has 0 aliphatic rings. The molecule has 3 rings (SSSR count). The summed E-state index contributed by atoms with van der Waals surface area (Å²) in [6.45, 7) is -0.449. The molecular formula is C25H23F3N2O4. The molecule has 0 aliphatic carbocycles. The van der Waals surface area contributed by atoms with Gasteiger partial charge in [0, 0.05) is 30.9 Å². The number of halogens is 3. The van der Waals surface area contributed by atoms with Crippen molar-refractivity contribution in [3.63, 3.8) is 0 Å². The molecule has 6 nitrogen and oxygen atoms in total. The van der Waals surface area contributed by atoms with Gasteiger partial charge in [-0.05, 0) is 48.0 Å². The molecule has 0 saturated carbocycles. The minimum Gasteiger partial charge on any atom is -0.497 e. The predicted octanol–water partition coefficient (Wildman–Crippen LogP) is 5.00. The van der Waals surface area contributed by atoms with Crippen molar-refractivity contribution in [2.45, 2.75) is 12.7 Å². The molecule has 0 bridgehead atoms. The molecule has 9 heteroatoms. The highest BCUT2D eigenvalue weighted by atomic mass is 19.4. The lowest BCUT2D eigenvalue weighted by Gasteiger charge is -2.20. The smallest absolute Gasteiger partial charge is 0.416 e. The number of nitrogens with one attached hydrogen (secondary N) is 1. The third-order valence-corrected chi connectivity index (χ3v) is 4.90. The third-order valence-electron chi connectivity index (χ3n) is 4.90. The van der Waals surface area contributed by atoms with Gasteiger partial charge in [-0.25, -0.2) is 0 Å². The number of nitrogens with zero attached hydrogens (tertiary/aromatic N) is 1. The lowest BCUT2D eigenvalue weighted by molar-refractivity contribution is -0.138. The quantitative estimate of drug-likeness (QED) is 0.501. The highest BCUT2D eigenvalue weighted by Crippen LogP contribution is 2.32. The average molecular weight is 472 g/mol. The number of rotatable bonds is 8. The molecule has 2 amide bonds. The molecule has 0 aliphatic heterocycles. The van der Waals surface area contributed by atoms with Gasteiger partial charge in [-0.1, -0.05) is 24.3 Å². The fourth-order valence-electron chi connectivity index (χ4n) is 3.22. The Bertz CT molecular complexity index is 1150. The first kappa shape index (κ1) is 24.6. The van der Waals surface area contributed by atoms with Gasteiger partial charge < -0.3 is 19.7 Å². The minimum absolute atomic E-state index is 0.00727. The van der Waals surface area contributed by atoms with Crippen LogP contribution in [0.5, 0.6) is 11.5 Å². The van der Waals surface area contributed by atoms with Gasteiger partial charge >= 0.3 is 6.18 Å². The van der Waals surface area contributed by atoms with Crippen LogP contribution in [0.4, 0.5) is 18.9 Å². The summed E-state index contributed by atoms with van der Waals surface area (Å²) in [5, 5.41) is 2.68. The van der Waals surface area contributed by atoms with E-state index in [9.17, 15) is 22.8 Å². The van der Waals surface area contributed by atoms with E-state index in [1.807, 2.05) is 0 Å². The maximum Gasteiger partial charge on any atom is 0.416 e. The Balaban J connectivity index is 1.56. The predicted molar refractivity (Wildman–Crippen MR) is 121 cm³/mol. The molecule has 0 spiro atoms. The SMILES string of the molecule is COc1cccc(NC(=O)COc2ccc(C(=O)N(C)Cc3ccccc3C(F)(F)F)cc2)c1. The summed E-state index contributed by atoms with van der Waals surface area (Å²) in [5.74, 6) is 0.143. The van der Waals surface area contributed by atoms with Crippen LogP contribution in [0.15, 0.2) is 72.8 Å². The van der Waals surface area contributed by atoms with Crippen molar-refractivity contribution in [2.24, 2.45) is 0 Å². The van der Waals surface area contributed by atoms with E-state index in [0.29, 0.717) is 17.2 Å². The number of ether oxygens (including phenoxy) is 2. The van der Waals surface area contributed by atoms with Crippen LogP contribution in [0.1, 0.15) is 21.5 Å². The van der Waals surface area contributed by atoms with Crippen LogP contribution < -0.4 is 14.8 Å². The van der Waals surface area contributed by atoms with E-state index in [-0.39, 0.29) is 30.2 Å². The number of alkyl halides is 3. The van der Waals surface area contributed by atoms with E-state index in [1.54, 1.807) is 24.3 Å².